The summed E-state index contributed by atoms with van der Waals surface area (Å²) in [5.74, 6) is -0.189. The topological polar surface area (TPSA) is 59.5 Å². The molecule has 1 aromatic heterocycles. The molecule has 1 rings (SSSR count). The molecule has 0 fully saturated rings. The average molecular weight is 313 g/mol. The Morgan fingerprint density at radius 1 is 1.38 bits per heavy atom. The quantitative estimate of drug-likeness (QED) is 0.598. The number of pyridine rings is 1. The van der Waals surface area contributed by atoms with Crippen molar-refractivity contribution in [2.24, 2.45) is 5.92 Å². The van der Waals surface area contributed by atoms with Crippen molar-refractivity contribution in [2.75, 3.05) is 20.2 Å². The minimum absolute atomic E-state index is 0.153. The Bertz CT molecular complexity index is 497. The third-order valence-electron chi connectivity index (χ3n) is 2.86. The van der Waals surface area contributed by atoms with Crippen molar-refractivity contribution < 1.29 is 14.3 Å². The lowest BCUT2D eigenvalue weighted by molar-refractivity contribution is -0.140. The number of esters is 1. The summed E-state index contributed by atoms with van der Waals surface area (Å²) in [5, 5.41) is 0.288. The highest BCUT2D eigenvalue weighted by molar-refractivity contribution is 6.29. The molecule has 6 heteroatoms. The molecular weight excluding hydrogens is 292 g/mol. The van der Waals surface area contributed by atoms with Gasteiger partial charge in [-0.05, 0) is 25.0 Å². The lowest BCUT2D eigenvalue weighted by atomic mass is 10.1. The highest BCUT2D eigenvalue weighted by atomic mass is 35.5. The monoisotopic (exact) mass is 312 g/mol. The van der Waals surface area contributed by atoms with E-state index in [1.54, 1.807) is 24.0 Å². The number of ether oxygens (including phenoxy) is 1. The summed E-state index contributed by atoms with van der Waals surface area (Å²) in [6.45, 7) is 6.70. The van der Waals surface area contributed by atoms with Gasteiger partial charge in [-0.2, -0.15) is 0 Å². The Labute approximate surface area is 130 Å². The van der Waals surface area contributed by atoms with Crippen molar-refractivity contribution in [2.45, 2.75) is 27.2 Å². The van der Waals surface area contributed by atoms with Crippen LogP contribution < -0.4 is 0 Å². The fourth-order valence-electron chi connectivity index (χ4n) is 1.98. The van der Waals surface area contributed by atoms with Gasteiger partial charge in [0.15, 0.2) is 0 Å². The summed E-state index contributed by atoms with van der Waals surface area (Å²) < 4.78 is 4.62. The van der Waals surface area contributed by atoms with E-state index in [0.29, 0.717) is 30.3 Å². The molecule has 21 heavy (non-hydrogen) atoms. The van der Waals surface area contributed by atoms with Gasteiger partial charge in [-0.15, -0.1) is 0 Å². The van der Waals surface area contributed by atoms with Gasteiger partial charge >= 0.3 is 5.97 Å². The van der Waals surface area contributed by atoms with E-state index in [-0.39, 0.29) is 23.5 Å². The van der Waals surface area contributed by atoms with Gasteiger partial charge in [0.05, 0.1) is 13.5 Å². The lowest BCUT2D eigenvalue weighted by Gasteiger charge is -2.24. The summed E-state index contributed by atoms with van der Waals surface area (Å²) >= 11 is 5.90. The van der Waals surface area contributed by atoms with Gasteiger partial charge in [-0.3, -0.25) is 9.59 Å². The van der Waals surface area contributed by atoms with Crippen molar-refractivity contribution in [3.63, 3.8) is 0 Å². The Balaban J connectivity index is 2.90. The van der Waals surface area contributed by atoms with E-state index in [1.807, 2.05) is 13.8 Å². The standard InChI is InChI=1S/C15H21ClN2O3/c1-10(2)9-18(6-5-14(19)21-4)15(20)12-7-11(3)17-13(16)8-12/h7-8,10H,5-6,9H2,1-4H3. The van der Waals surface area contributed by atoms with Crippen molar-refractivity contribution in [1.29, 1.82) is 0 Å². The first-order valence-electron chi connectivity index (χ1n) is 6.83. The Morgan fingerprint density at radius 2 is 2.05 bits per heavy atom. The third-order valence-corrected chi connectivity index (χ3v) is 3.05. The molecule has 116 valence electrons. The molecule has 0 saturated heterocycles. The highest BCUT2D eigenvalue weighted by Gasteiger charge is 2.19. The van der Waals surface area contributed by atoms with Gasteiger partial charge in [0, 0.05) is 24.3 Å². The summed E-state index contributed by atoms with van der Waals surface area (Å²) in [6, 6.07) is 3.24. The van der Waals surface area contributed by atoms with Gasteiger partial charge in [0.2, 0.25) is 0 Å². The summed E-state index contributed by atoms with van der Waals surface area (Å²) in [6.07, 6.45) is 0.173. The molecule has 0 aliphatic rings. The molecule has 0 radical (unpaired) electrons. The molecule has 0 aliphatic heterocycles. The van der Waals surface area contributed by atoms with Crippen LogP contribution in [0.5, 0.6) is 0 Å². The van der Waals surface area contributed by atoms with Gasteiger partial charge < -0.3 is 9.64 Å². The predicted molar refractivity (Wildman–Crippen MR) is 81.4 cm³/mol. The van der Waals surface area contributed by atoms with E-state index >= 15 is 0 Å². The number of methoxy groups -OCH3 is 1. The third kappa shape index (κ3) is 5.71. The number of halogens is 1. The van der Waals surface area contributed by atoms with Crippen molar-refractivity contribution >= 4 is 23.5 Å². The van der Waals surface area contributed by atoms with E-state index < -0.39 is 0 Å². The van der Waals surface area contributed by atoms with Crippen LogP contribution in [0.1, 0.15) is 36.3 Å². The predicted octanol–water partition coefficient (Wildman–Crippen LogP) is 2.70. The zero-order valence-corrected chi connectivity index (χ0v) is 13.6. The molecule has 1 amide bonds. The van der Waals surface area contributed by atoms with E-state index in [4.69, 9.17) is 11.6 Å². The fourth-order valence-corrected chi connectivity index (χ4v) is 2.23. The molecule has 0 aliphatic carbocycles. The maximum absolute atomic E-state index is 12.6. The van der Waals surface area contributed by atoms with E-state index in [1.165, 1.54) is 7.11 Å². The smallest absolute Gasteiger partial charge is 0.307 e. The Hall–Kier alpha value is -1.62. The average Bonchev–Trinajstić information content (AvgIpc) is 2.40. The number of amides is 1. The van der Waals surface area contributed by atoms with Gasteiger partial charge in [-0.1, -0.05) is 25.4 Å². The molecule has 0 bridgehead atoms. The van der Waals surface area contributed by atoms with Crippen LogP contribution >= 0.6 is 11.6 Å². The number of nitrogens with zero attached hydrogens (tertiary/aromatic N) is 2. The van der Waals surface area contributed by atoms with Crippen LogP contribution in [-0.4, -0.2) is 42.0 Å². The van der Waals surface area contributed by atoms with Crippen LogP contribution in [-0.2, 0) is 9.53 Å². The number of carbonyl (C=O) groups excluding carboxylic acids is 2. The van der Waals surface area contributed by atoms with E-state index in [9.17, 15) is 9.59 Å². The molecule has 5 nitrogen and oxygen atoms in total. The molecule has 1 aromatic rings. The van der Waals surface area contributed by atoms with Crippen LogP contribution in [0.25, 0.3) is 0 Å². The van der Waals surface area contributed by atoms with E-state index in [0.717, 1.165) is 0 Å². The van der Waals surface area contributed by atoms with Crippen LogP contribution in [0.4, 0.5) is 0 Å². The van der Waals surface area contributed by atoms with Crippen LogP contribution in [0.15, 0.2) is 12.1 Å². The molecule has 0 unspecified atom stereocenters. The molecule has 1 heterocycles. The second kappa shape index (κ2) is 7.98. The first-order chi connectivity index (χ1) is 9.83. The molecule has 0 spiro atoms. The van der Waals surface area contributed by atoms with Crippen LogP contribution in [0.3, 0.4) is 0 Å². The van der Waals surface area contributed by atoms with Crippen molar-refractivity contribution in [1.82, 2.24) is 9.88 Å². The second-order valence-corrected chi connectivity index (χ2v) is 5.68. The number of rotatable bonds is 6. The van der Waals surface area contributed by atoms with Crippen LogP contribution in [0, 0.1) is 12.8 Å². The highest BCUT2D eigenvalue weighted by Crippen LogP contribution is 2.14. The Kier molecular flexibility index (Phi) is 6.62. The maximum atomic E-state index is 12.6. The zero-order chi connectivity index (χ0) is 16.0. The number of hydrogen-bond acceptors (Lipinski definition) is 4. The molecule has 0 aromatic carbocycles. The first kappa shape index (κ1) is 17.4. The van der Waals surface area contributed by atoms with Crippen molar-refractivity contribution in [3.8, 4) is 0 Å². The van der Waals surface area contributed by atoms with Crippen LogP contribution in [0.2, 0.25) is 5.15 Å². The summed E-state index contributed by atoms with van der Waals surface area (Å²) in [5.41, 5.74) is 1.17. The SMILES string of the molecule is COC(=O)CCN(CC(C)C)C(=O)c1cc(C)nc(Cl)c1. The van der Waals surface area contributed by atoms with Gasteiger partial charge in [0.25, 0.3) is 5.91 Å². The fraction of sp³-hybridized carbons (Fsp3) is 0.533. The van der Waals surface area contributed by atoms with Crippen molar-refractivity contribution in [3.05, 3.63) is 28.5 Å². The van der Waals surface area contributed by atoms with Gasteiger partial charge in [0.1, 0.15) is 5.15 Å². The maximum Gasteiger partial charge on any atom is 0.307 e. The molecule has 0 atom stereocenters. The summed E-state index contributed by atoms with van der Waals surface area (Å²) in [7, 11) is 1.34. The molecule has 0 saturated carbocycles. The number of carbonyl (C=O) groups is 2. The number of aromatic nitrogens is 1. The largest absolute Gasteiger partial charge is 0.469 e. The minimum atomic E-state index is -0.333. The molecular formula is C15H21ClN2O3. The lowest BCUT2D eigenvalue weighted by Crippen LogP contribution is -2.36. The summed E-state index contributed by atoms with van der Waals surface area (Å²) in [4.78, 5) is 29.5. The van der Waals surface area contributed by atoms with Gasteiger partial charge in [-0.25, -0.2) is 4.98 Å². The number of aryl methyl sites for hydroxylation is 1. The van der Waals surface area contributed by atoms with E-state index in [2.05, 4.69) is 9.72 Å². The zero-order valence-electron chi connectivity index (χ0n) is 12.9. The second-order valence-electron chi connectivity index (χ2n) is 5.29. The Morgan fingerprint density at radius 3 is 2.57 bits per heavy atom. The molecule has 0 N–H and O–H groups in total. The minimum Gasteiger partial charge on any atom is -0.469 e. The normalized spacial score (nSPS) is 10.6. The first-order valence-corrected chi connectivity index (χ1v) is 7.21. The number of hydrogen-bond donors (Lipinski definition) is 0.